The Hall–Kier alpha value is -0.640. The average molecular weight is 217 g/mol. The highest BCUT2D eigenvalue weighted by Gasteiger charge is 2.06. The van der Waals surface area contributed by atoms with Gasteiger partial charge in [-0.15, -0.1) is 0 Å². The van der Waals surface area contributed by atoms with Gasteiger partial charge in [0.15, 0.2) is 0 Å². The molecule has 78 valence electrons. The third-order valence-electron chi connectivity index (χ3n) is 2.03. The van der Waals surface area contributed by atoms with Crippen LogP contribution in [-0.2, 0) is 6.54 Å². The Bertz CT molecular complexity index is 304. The van der Waals surface area contributed by atoms with Gasteiger partial charge in [0.2, 0.25) is 0 Å². The third kappa shape index (κ3) is 2.94. The van der Waals surface area contributed by atoms with Crippen LogP contribution in [0, 0.1) is 5.82 Å². The first-order chi connectivity index (χ1) is 6.65. The molecule has 0 aliphatic heterocycles. The van der Waals surface area contributed by atoms with Crippen LogP contribution in [0.25, 0.3) is 0 Å². The summed E-state index contributed by atoms with van der Waals surface area (Å²) in [5.74, 6) is -0.383. The molecule has 1 aromatic carbocycles. The monoisotopic (exact) mass is 216 g/mol. The van der Waals surface area contributed by atoms with Gasteiger partial charge in [-0.1, -0.05) is 23.7 Å². The van der Waals surface area contributed by atoms with Crippen LogP contribution in [0.2, 0.25) is 5.02 Å². The van der Waals surface area contributed by atoms with Crippen molar-refractivity contribution in [3.8, 4) is 0 Å². The molecule has 1 atom stereocenters. The van der Waals surface area contributed by atoms with E-state index in [0.29, 0.717) is 13.1 Å². The Morgan fingerprint density at radius 3 is 2.93 bits per heavy atom. The third-order valence-corrected chi connectivity index (χ3v) is 2.45. The maximum Gasteiger partial charge on any atom is 0.142 e. The highest BCUT2D eigenvalue weighted by molar-refractivity contribution is 6.31. The van der Waals surface area contributed by atoms with Crippen LogP contribution in [0.1, 0.15) is 12.5 Å². The van der Waals surface area contributed by atoms with Crippen LogP contribution in [0.15, 0.2) is 18.2 Å². The molecule has 0 saturated carbocycles. The van der Waals surface area contributed by atoms with Crippen molar-refractivity contribution >= 4 is 11.6 Å². The van der Waals surface area contributed by atoms with E-state index in [1.54, 1.807) is 12.1 Å². The van der Waals surface area contributed by atoms with Crippen molar-refractivity contribution in [3.63, 3.8) is 0 Å². The summed E-state index contributed by atoms with van der Waals surface area (Å²) >= 11 is 5.77. The first kappa shape index (κ1) is 11.4. The molecule has 4 heteroatoms. The maximum absolute atomic E-state index is 13.0. The van der Waals surface area contributed by atoms with E-state index in [9.17, 15) is 4.39 Å². The Morgan fingerprint density at radius 2 is 2.29 bits per heavy atom. The van der Waals surface area contributed by atoms with Gasteiger partial charge in [-0.3, -0.25) is 0 Å². The predicted octanol–water partition coefficient (Wildman–Crippen LogP) is 1.92. The van der Waals surface area contributed by atoms with Gasteiger partial charge in [-0.2, -0.15) is 0 Å². The number of nitrogens with two attached hydrogens (primary N) is 1. The molecular weight excluding hydrogens is 203 g/mol. The second-order valence-electron chi connectivity index (χ2n) is 3.23. The molecule has 0 amide bonds. The van der Waals surface area contributed by atoms with Crippen molar-refractivity contribution in [1.29, 1.82) is 0 Å². The van der Waals surface area contributed by atoms with Gasteiger partial charge >= 0.3 is 0 Å². The quantitative estimate of drug-likeness (QED) is 0.807. The highest BCUT2D eigenvalue weighted by atomic mass is 35.5. The molecule has 0 aromatic heterocycles. The highest BCUT2D eigenvalue weighted by Crippen LogP contribution is 2.19. The lowest BCUT2D eigenvalue weighted by Gasteiger charge is -2.12. The lowest BCUT2D eigenvalue weighted by Crippen LogP contribution is -2.32. The lowest BCUT2D eigenvalue weighted by molar-refractivity contribution is 0.553. The molecule has 2 nitrogen and oxygen atoms in total. The number of hydrogen-bond donors (Lipinski definition) is 2. The summed E-state index contributed by atoms with van der Waals surface area (Å²) in [5.41, 5.74) is 6.19. The molecule has 1 aromatic rings. The van der Waals surface area contributed by atoms with Crippen molar-refractivity contribution in [2.75, 3.05) is 6.54 Å². The number of rotatable bonds is 4. The van der Waals surface area contributed by atoms with Gasteiger partial charge in [-0.05, 0) is 18.6 Å². The van der Waals surface area contributed by atoms with E-state index >= 15 is 0 Å². The van der Waals surface area contributed by atoms with Crippen molar-refractivity contribution in [3.05, 3.63) is 34.6 Å². The fourth-order valence-corrected chi connectivity index (χ4v) is 1.25. The number of benzene rings is 1. The molecule has 0 heterocycles. The maximum atomic E-state index is 13.0. The lowest BCUT2D eigenvalue weighted by atomic mass is 10.2. The average Bonchev–Trinajstić information content (AvgIpc) is 2.20. The van der Waals surface area contributed by atoms with Gasteiger partial charge in [0.1, 0.15) is 5.82 Å². The smallest absolute Gasteiger partial charge is 0.142 e. The van der Waals surface area contributed by atoms with Crippen LogP contribution in [-0.4, -0.2) is 12.6 Å². The Balaban J connectivity index is 2.63. The molecule has 0 aliphatic rings. The molecule has 0 radical (unpaired) electrons. The minimum absolute atomic E-state index is 0.184. The van der Waals surface area contributed by atoms with Crippen LogP contribution < -0.4 is 11.1 Å². The number of hydrogen-bond acceptors (Lipinski definition) is 2. The van der Waals surface area contributed by atoms with E-state index < -0.39 is 0 Å². The Kier molecular flexibility index (Phi) is 4.32. The van der Waals surface area contributed by atoms with E-state index in [1.807, 2.05) is 6.92 Å². The molecular formula is C10H14ClFN2. The SMILES string of the molecule is CC(CN)NCc1cccc(F)c1Cl. The van der Waals surface area contributed by atoms with Crippen molar-refractivity contribution in [2.45, 2.75) is 19.5 Å². The predicted molar refractivity (Wildman–Crippen MR) is 56.8 cm³/mol. The fraction of sp³-hybridized carbons (Fsp3) is 0.400. The summed E-state index contributed by atoms with van der Waals surface area (Å²) in [6.07, 6.45) is 0. The second kappa shape index (κ2) is 5.29. The fourth-order valence-electron chi connectivity index (χ4n) is 1.05. The van der Waals surface area contributed by atoms with Crippen molar-refractivity contribution in [1.82, 2.24) is 5.32 Å². The molecule has 0 fully saturated rings. The minimum atomic E-state index is -0.383. The summed E-state index contributed by atoms with van der Waals surface area (Å²) in [5, 5.41) is 3.32. The van der Waals surface area contributed by atoms with Gasteiger partial charge in [-0.25, -0.2) is 4.39 Å². The zero-order chi connectivity index (χ0) is 10.6. The van der Waals surface area contributed by atoms with Crippen molar-refractivity contribution in [2.24, 2.45) is 5.73 Å². The van der Waals surface area contributed by atoms with Crippen LogP contribution in [0.3, 0.4) is 0 Å². The normalized spacial score (nSPS) is 12.9. The van der Waals surface area contributed by atoms with Gasteiger partial charge < -0.3 is 11.1 Å². The largest absolute Gasteiger partial charge is 0.329 e. The topological polar surface area (TPSA) is 38.0 Å². The van der Waals surface area contributed by atoms with E-state index in [0.717, 1.165) is 5.56 Å². The van der Waals surface area contributed by atoms with Crippen molar-refractivity contribution < 1.29 is 4.39 Å². The number of nitrogens with one attached hydrogen (secondary N) is 1. The molecule has 0 spiro atoms. The molecule has 0 aliphatic carbocycles. The molecule has 1 unspecified atom stereocenters. The molecule has 0 bridgehead atoms. The van der Waals surface area contributed by atoms with E-state index in [4.69, 9.17) is 17.3 Å². The number of halogens is 2. The second-order valence-corrected chi connectivity index (χ2v) is 3.61. The van der Waals surface area contributed by atoms with Gasteiger partial charge in [0.25, 0.3) is 0 Å². The summed E-state index contributed by atoms with van der Waals surface area (Å²) in [7, 11) is 0. The summed E-state index contributed by atoms with van der Waals surface area (Å²) in [6, 6.07) is 4.99. The van der Waals surface area contributed by atoms with Crippen LogP contribution in [0.4, 0.5) is 4.39 Å². The first-order valence-electron chi connectivity index (χ1n) is 4.51. The van der Waals surface area contributed by atoms with E-state index in [1.165, 1.54) is 6.07 Å². The first-order valence-corrected chi connectivity index (χ1v) is 4.89. The van der Waals surface area contributed by atoms with Crippen LogP contribution >= 0.6 is 11.6 Å². The summed E-state index contributed by atoms with van der Waals surface area (Å²) < 4.78 is 13.0. The van der Waals surface area contributed by atoms with E-state index in [-0.39, 0.29) is 16.9 Å². The zero-order valence-electron chi connectivity index (χ0n) is 8.06. The van der Waals surface area contributed by atoms with Gasteiger partial charge in [0, 0.05) is 19.1 Å². The Labute approximate surface area is 88.2 Å². The molecule has 0 saturated heterocycles. The Morgan fingerprint density at radius 1 is 1.57 bits per heavy atom. The standard InChI is InChI=1S/C10H14ClFN2/c1-7(5-13)14-6-8-3-2-4-9(12)10(8)11/h2-4,7,14H,5-6,13H2,1H3. The van der Waals surface area contributed by atoms with Gasteiger partial charge in [0.05, 0.1) is 5.02 Å². The summed E-state index contributed by atoms with van der Waals surface area (Å²) in [4.78, 5) is 0. The van der Waals surface area contributed by atoms with E-state index in [2.05, 4.69) is 5.32 Å². The van der Waals surface area contributed by atoms with Crippen LogP contribution in [0.5, 0.6) is 0 Å². The minimum Gasteiger partial charge on any atom is -0.329 e. The zero-order valence-corrected chi connectivity index (χ0v) is 8.81. The molecule has 1 rings (SSSR count). The summed E-state index contributed by atoms with van der Waals surface area (Å²) in [6.45, 7) is 3.05. The molecule has 14 heavy (non-hydrogen) atoms. The molecule has 3 N–H and O–H groups in total.